The predicted molar refractivity (Wildman–Crippen MR) is 146 cm³/mol. The summed E-state index contributed by atoms with van der Waals surface area (Å²) in [5, 5.41) is 10.0. The summed E-state index contributed by atoms with van der Waals surface area (Å²) >= 11 is 1.10. The van der Waals surface area contributed by atoms with Crippen molar-refractivity contribution in [3.8, 4) is 11.5 Å². The van der Waals surface area contributed by atoms with Gasteiger partial charge in [0.1, 0.15) is 18.1 Å². The van der Waals surface area contributed by atoms with E-state index in [1.807, 2.05) is 24.3 Å². The summed E-state index contributed by atoms with van der Waals surface area (Å²) in [7, 11) is 0. The molecule has 0 aromatic heterocycles. The average molecular weight is 575 g/mol. The zero-order valence-electron chi connectivity index (χ0n) is 23.1. The van der Waals surface area contributed by atoms with Crippen LogP contribution < -0.4 is 4.74 Å². The smallest absolute Gasteiger partial charge is 0.303 e. The van der Waals surface area contributed by atoms with E-state index in [0.29, 0.717) is 17.7 Å². The van der Waals surface area contributed by atoms with E-state index in [-0.39, 0.29) is 12.4 Å². The molecule has 0 aliphatic carbocycles. The number of carbonyl (C=O) groups is 4. The third-order valence-electron chi connectivity index (χ3n) is 6.11. The molecule has 40 heavy (non-hydrogen) atoms. The standard InChI is InChI=1S/C29H34O10S/c1-6-20-10-12-21(13-11-20)14-22-23(34)8-7-9-24(22)39-29-28(38-19(5)33)27(37-18(4)32)26(36-17(3)31)25(40-29)15-35-16(2)30/h7-13,25-29,34H,6,14-15H2,1-5H3/t25-,26-,27+,28-,29-/m1/s1. The first kappa shape index (κ1) is 30.8. The molecule has 0 unspecified atom stereocenters. The summed E-state index contributed by atoms with van der Waals surface area (Å²) in [6.07, 6.45) is -2.34. The molecule has 1 aliphatic rings. The maximum atomic E-state index is 12.1. The van der Waals surface area contributed by atoms with Crippen molar-refractivity contribution in [2.24, 2.45) is 0 Å². The van der Waals surface area contributed by atoms with Crippen LogP contribution in [0.4, 0.5) is 0 Å². The normalized spacial score (nSPS) is 22.1. The molecular formula is C29H34O10S. The van der Waals surface area contributed by atoms with Gasteiger partial charge in [-0.05, 0) is 29.7 Å². The highest BCUT2D eigenvalue weighted by molar-refractivity contribution is 8.00. The fraction of sp³-hybridized carbons (Fsp3) is 0.448. The van der Waals surface area contributed by atoms with Crippen molar-refractivity contribution in [2.45, 2.75) is 76.5 Å². The molecule has 1 heterocycles. The van der Waals surface area contributed by atoms with Crippen LogP contribution in [0.5, 0.6) is 11.5 Å². The topological polar surface area (TPSA) is 135 Å². The number of ether oxygens (including phenoxy) is 5. The van der Waals surface area contributed by atoms with Crippen molar-refractivity contribution >= 4 is 35.6 Å². The number of aryl methyl sites for hydroxylation is 1. The number of benzene rings is 2. The Balaban J connectivity index is 2.02. The molecule has 2 aromatic carbocycles. The van der Waals surface area contributed by atoms with Crippen LogP contribution >= 0.6 is 11.8 Å². The molecule has 0 bridgehead atoms. The van der Waals surface area contributed by atoms with Crippen LogP contribution in [0.25, 0.3) is 0 Å². The summed E-state index contributed by atoms with van der Waals surface area (Å²) < 4.78 is 28.1. The maximum absolute atomic E-state index is 12.1. The largest absolute Gasteiger partial charge is 0.508 e. The Morgan fingerprint density at radius 2 is 1.35 bits per heavy atom. The molecule has 3 rings (SSSR count). The van der Waals surface area contributed by atoms with E-state index in [2.05, 4.69) is 6.92 Å². The van der Waals surface area contributed by atoms with E-state index in [1.54, 1.807) is 18.2 Å². The SMILES string of the molecule is CCc1ccc(Cc2c(O)cccc2O[C@@H]2S[C@H](COC(C)=O)[C@@H](OC(C)=O)[C@H](OC(C)=O)[C@H]2OC(C)=O)cc1. The molecule has 1 N–H and O–H groups in total. The fourth-order valence-corrected chi connectivity index (χ4v) is 5.73. The lowest BCUT2D eigenvalue weighted by atomic mass is 10.0. The first-order valence-corrected chi connectivity index (χ1v) is 13.8. The molecular weight excluding hydrogens is 540 g/mol. The van der Waals surface area contributed by atoms with Crippen molar-refractivity contribution < 1.29 is 48.0 Å². The van der Waals surface area contributed by atoms with Crippen LogP contribution in [-0.4, -0.2) is 64.6 Å². The highest BCUT2D eigenvalue weighted by atomic mass is 32.2. The molecule has 10 nitrogen and oxygen atoms in total. The summed E-state index contributed by atoms with van der Waals surface area (Å²) in [5.74, 6) is -2.29. The second-order valence-electron chi connectivity index (χ2n) is 9.29. The van der Waals surface area contributed by atoms with Crippen molar-refractivity contribution in [3.05, 3.63) is 59.2 Å². The van der Waals surface area contributed by atoms with E-state index in [4.69, 9.17) is 23.7 Å². The summed E-state index contributed by atoms with van der Waals surface area (Å²) in [5.41, 5.74) is 1.62. The number of carbonyl (C=O) groups excluding carboxylic acids is 4. The molecule has 11 heteroatoms. The van der Waals surface area contributed by atoms with Crippen molar-refractivity contribution in [3.63, 3.8) is 0 Å². The molecule has 0 amide bonds. The number of rotatable bonds is 10. The van der Waals surface area contributed by atoms with Gasteiger partial charge in [-0.25, -0.2) is 0 Å². The van der Waals surface area contributed by atoms with E-state index >= 15 is 0 Å². The monoisotopic (exact) mass is 574 g/mol. The third kappa shape index (κ3) is 8.38. The Kier molecular flexibility index (Phi) is 10.8. The van der Waals surface area contributed by atoms with Gasteiger partial charge < -0.3 is 28.8 Å². The van der Waals surface area contributed by atoms with Gasteiger partial charge in [-0.3, -0.25) is 19.2 Å². The van der Waals surface area contributed by atoms with Gasteiger partial charge in [0, 0.05) is 39.7 Å². The van der Waals surface area contributed by atoms with Gasteiger partial charge >= 0.3 is 23.9 Å². The van der Waals surface area contributed by atoms with Crippen molar-refractivity contribution in [2.75, 3.05) is 6.61 Å². The van der Waals surface area contributed by atoms with Crippen molar-refractivity contribution in [1.29, 1.82) is 0 Å². The Morgan fingerprint density at radius 3 is 1.93 bits per heavy atom. The van der Waals surface area contributed by atoms with Gasteiger partial charge in [0.15, 0.2) is 23.7 Å². The Morgan fingerprint density at radius 1 is 0.775 bits per heavy atom. The number of phenolic OH excluding ortho intramolecular Hbond substituents is 1. The zero-order valence-corrected chi connectivity index (χ0v) is 23.9. The lowest BCUT2D eigenvalue weighted by Gasteiger charge is -2.43. The van der Waals surface area contributed by atoms with Crippen LogP contribution in [-0.2, 0) is 51.0 Å². The number of hydrogen-bond donors (Lipinski definition) is 1. The van der Waals surface area contributed by atoms with Gasteiger partial charge in [-0.15, -0.1) is 11.8 Å². The minimum atomic E-state index is -1.26. The minimum absolute atomic E-state index is 0.00713. The molecule has 0 radical (unpaired) electrons. The van der Waals surface area contributed by atoms with Crippen LogP contribution in [0.2, 0.25) is 0 Å². The Labute approximate surface area is 237 Å². The first-order chi connectivity index (χ1) is 19.0. The molecule has 5 atom stereocenters. The average Bonchev–Trinajstić information content (AvgIpc) is 2.88. The number of phenols is 1. The van der Waals surface area contributed by atoms with E-state index in [0.717, 1.165) is 23.7 Å². The lowest BCUT2D eigenvalue weighted by molar-refractivity contribution is -0.190. The number of aromatic hydroxyl groups is 1. The molecule has 2 aromatic rings. The lowest BCUT2D eigenvalue weighted by Crippen LogP contribution is -2.59. The third-order valence-corrected chi connectivity index (χ3v) is 7.50. The molecule has 0 saturated carbocycles. The fourth-order valence-electron chi connectivity index (χ4n) is 4.35. The van der Waals surface area contributed by atoms with E-state index in [1.165, 1.54) is 33.3 Å². The first-order valence-electron chi connectivity index (χ1n) is 12.8. The highest BCUT2D eigenvalue weighted by Gasteiger charge is 2.53. The quantitative estimate of drug-likeness (QED) is 0.329. The molecule has 216 valence electrons. The van der Waals surface area contributed by atoms with Crippen LogP contribution in [0.15, 0.2) is 42.5 Å². The molecule has 1 saturated heterocycles. The van der Waals surface area contributed by atoms with E-state index < -0.39 is 52.9 Å². The summed E-state index contributed by atoms with van der Waals surface area (Å²) in [6, 6.07) is 12.8. The Hall–Kier alpha value is -3.73. The second kappa shape index (κ2) is 14.1. The van der Waals surface area contributed by atoms with Gasteiger partial charge in [-0.2, -0.15) is 0 Å². The summed E-state index contributed by atoms with van der Waals surface area (Å²) in [6.45, 7) is 6.66. The maximum Gasteiger partial charge on any atom is 0.303 e. The Bertz CT molecular complexity index is 1210. The van der Waals surface area contributed by atoms with Gasteiger partial charge in [-0.1, -0.05) is 37.3 Å². The van der Waals surface area contributed by atoms with Gasteiger partial charge in [0.2, 0.25) is 0 Å². The second-order valence-corrected chi connectivity index (χ2v) is 10.6. The summed E-state index contributed by atoms with van der Waals surface area (Å²) in [4.78, 5) is 47.8. The molecule has 0 spiro atoms. The molecule has 1 fully saturated rings. The van der Waals surface area contributed by atoms with Crippen molar-refractivity contribution in [1.82, 2.24) is 0 Å². The number of esters is 4. The number of hydrogen-bond acceptors (Lipinski definition) is 11. The number of thioether (sulfide) groups is 1. The molecule has 1 aliphatic heterocycles. The van der Waals surface area contributed by atoms with Crippen LogP contribution in [0, 0.1) is 0 Å². The predicted octanol–water partition coefficient (Wildman–Crippen LogP) is 3.72. The van der Waals surface area contributed by atoms with Gasteiger partial charge in [0.05, 0.1) is 5.25 Å². The van der Waals surface area contributed by atoms with E-state index in [9.17, 15) is 24.3 Å². The minimum Gasteiger partial charge on any atom is -0.508 e. The van der Waals surface area contributed by atoms with Crippen LogP contribution in [0.3, 0.4) is 0 Å². The van der Waals surface area contributed by atoms with Crippen LogP contribution in [0.1, 0.15) is 51.3 Å². The highest BCUT2D eigenvalue weighted by Crippen LogP contribution is 2.41. The van der Waals surface area contributed by atoms with Gasteiger partial charge in [0.25, 0.3) is 0 Å². The zero-order chi connectivity index (χ0) is 29.4.